The van der Waals surface area contributed by atoms with Crippen LogP contribution in [0.5, 0.6) is 0 Å². The van der Waals surface area contributed by atoms with Crippen LogP contribution >= 0.6 is 34.3 Å². The van der Waals surface area contributed by atoms with Crippen LogP contribution in [0.3, 0.4) is 0 Å². The topological polar surface area (TPSA) is 56.1 Å². The molecule has 1 aliphatic rings. The van der Waals surface area contributed by atoms with Crippen LogP contribution in [0.2, 0.25) is 4.34 Å². The van der Waals surface area contributed by atoms with Gasteiger partial charge in [0.25, 0.3) is 0 Å². The third-order valence-corrected chi connectivity index (χ3v) is 7.27. The number of anilines is 1. The SMILES string of the molecule is C[C@H](C(=O)Nc1sc2c(c1C#N)CCCCC2)N(C)Cc1ccc(Cl)s1. The number of amides is 1. The number of fused-ring (bicyclic) bond motifs is 1. The van der Waals surface area contributed by atoms with Crippen molar-refractivity contribution in [3.05, 3.63) is 37.4 Å². The average molecular weight is 408 g/mol. The van der Waals surface area contributed by atoms with Crippen molar-refractivity contribution in [1.29, 1.82) is 5.26 Å². The van der Waals surface area contributed by atoms with Gasteiger partial charge in [0.2, 0.25) is 5.91 Å². The van der Waals surface area contributed by atoms with Crippen LogP contribution in [0.15, 0.2) is 12.1 Å². The lowest BCUT2D eigenvalue weighted by atomic mass is 10.1. The first-order chi connectivity index (χ1) is 12.5. The van der Waals surface area contributed by atoms with Crippen LogP contribution in [0.4, 0.5) is 5.00 Å². The molecule has 1 aliphatic carbocycles. The fourth-order valence-electron chi connectivity index (χ4n) is 3.18. The van der Waals surface area contributed by atoms with Gasteiger partial charge in [-0.25, -0.2) is 0 Å². The summed E-state index contributed by atoms with van der Waals surface area (Å²) in [5.74, 6) is -0.0805. The number of halogens is 1. The summed E-state index contributed by atoms with van der Waals surface area (Å²) in [4.78, 5) is 17.1. The van der Waals surface area contributed by atoms with Gasteiger partial charge in [-0.1, -0.05) is 18.0 Å². The van der Waals surface area contributed by atoms with Gasteiger partial charge in [-0.05, 0) is 57.4 Å². The Hall–Kier alpha value is -1.39. The maximum Gasteiger partial charge on any atom is 0.242 e. The molecule has 2 aromatic heterocycles. The molecule has 26 heavy (non-hydrogen) atoms. The molecule has 1 atom stereocenters. The van der Waals surface area contributed by atoms with Crippen molar-refractivity contribution in [3.8, 4) is 6.07 Å². The molecule has 2 aromatic rings. The molecule has 0 saturated heterocycles. The molecular weight excluding hydrogens is 386 g/mol. The van der Waals surface area contributed by atoms with Crippen molar-refractivity contribution in [2.75, 3.05) is 12.4 Å². The van der Waals surface area contributed by atoms with E-state index < -0.39 is 0 Å². The lowest BCUT2D eigenvalue weighted by Gasteiger charge is -2.23. The molecule has 138 valence electrons. The molecular formula is C19H22ClN3OS2. The van der Waals surface area contributed by atoms with E-state index in [4.69, 9.17) is 11.6 Å². The number of likely N-dealkylation sites (N-methyl/N-ethyl adjacent to an activating group) is 1. The summed E-state index contributed by atoms with van der Waals surface area (Å²) >= 11 is 9.08. The molecule has 0 bridgehead atoms. The molecule has 4 nitrogen and oxygen atoms in total. The first kappa shape index (κ1) is 19.4. The second-order valence-corrected chi connectivity index (χ2v) is 9.57. The molecule has 0 spiro atoms. The van der Waals surface area contributed by atoms with E-state index in [1.165, 1.54) is 22.6 Å². The zero-order valence-corrected chi connectivity index (χ0v) is 17.4. The number of carbonyl (C=O) groups excluding carboxylic acids is 1. The fourth-order valence-corrected chi connectivity index (χ4v) is 5.58. The number of aryl methyl sites for hydroxylation is 1. The van der Waals surface area contributed by atoms with Crippen molar-refractivity contribution in [2.24, 2.45) is 0 Å². The maximum absolute atomic E-state index is 12.7. The van der Waals surface area contributed by atoms with Gasteiger partial charge in [0.15, 0.2) is 0 Å². The molecule has 0 aromatic carbocycles. The smallest absolute Gasteiger partial charge is 0.242 e. The van der Waals surface area contributed by atoms with Crippen molar-refractivity contribution in [3.63, 3.8) is 0 Å². The van der Waals surface area contributed by atoms with Crippen LogP contribution in [0.1, 0.15) is 47.1 Å². The minimum Gasteiger partial charge on any atom is -0.315 e. The predicted octanol–water partition coefficient (Wildman–Crippen LogP) is 5.06. The molecule has 7 heteroatoms. The third kappa shape index (κ3) is 4.29. The molecule has 1 amide bonds. The number of nitriles is 1. The van der Waals surface area contributed by atoms with Gasteiger partial charge in [0, 0.05) is 16.3 Å². The van der Waals surface area contributed by atoms with Crippen molar-refractivity contribution in [1.82, 2.24) is 4.90 Å². The minimum atomic E-state index is -0.302. The molecule has 3 rings (SSSR count). The third-order valence-electron chi connectivity index (χ3n) is 4.84. The summed E-state index contributed by atoms with van der Waals surface area (Å²) in [6.45, 7) is 2.55. The lowest BCUT2D eigenvalue weighted by Crippen LogP contribution is -2.39. The van der Waals surface area contributed by atoms with Crippen molar-refractivity contribution in [2.45, 2.75) is 51.6 Å². The van der Waals surface area contributed by atoms with Crippen LogP contribution in [-0.4, -0.2) is 23.9 Å². The van der Waals surface area contributed by atoms with Gasteiger partial charge in [0.1, 0.15) is 11.1 Å². The lowest BCUT2D eigenvalue weighted by molar-refractivity contribution is -0.120. The van der Waals surface area contributed by atoms with Crippen molar-refractivity contribution >= 4 is 45.2 Å². The quantitative estimate of drug-likeness (QED) is 0.704. The van der Waals surface area contributed by atoms with Crippen LogP contribution in [0, 0.1) is 11.3 Å². The van der Waals surface area contributed by atoms with Gasteiger partial charge in [-0.2, -0.15) is 5.26 Å². The summed E-state index contributed by atoms with van der Waals surface area (Å²) in [7, 11) is 1.92. The van der Waals surface area contributed by atoms with E-state index in [0.717, 1.165) is 40.5 Å². The van der Waals surface area contributed by atoms with E-state index in [9.17, 15) is 10.1 Å². The highest BCUT2D eigenvalue weighted by Crippen LogP contribution is 2.37. The summed E-state index contributed by atoms with van der Waals surface area (Å²) < 4.78 is 0.754. The van der Waals surface area contributed by atoms with E-state index in [0.29, 0.717) is 17.1 Å². The van der Waals surface area contributed by atoms with Gasteiger partial charge < -0.3 is 5.32 Å². The number of nitrogens with zero attached hydrogens (tertiary/aromatic N) is 2. The Balaban J connectivity index is 1.70. The Morgan fingerprint density at radius 3 is 2.81 bits per heavy atom. The number of carbonyl (C=O) groups is 1. The monoisotopic (exact) mass is 407 g/mol. The van der Waals surface area contributed by atoms with Gasteiger partial charge in [0.05, 0.1) is 15.9 Å². The van der Waals surface area contributed by atoms with Gasteiger partial charge >= 0.3 is 0 Å². The predicted molar refractivity (Wildman–Crippen MR) is 109 cm³/mol. The minimum absolute atomic E-state index is 0.0805. The number of nitrogens with one attached hydrogen (secondary N) is 1. The largest absolute Gasteiger partial charge is 0.315 e. The van der Waals surface area contributed by atoms with E-state index >= 15 is 0 Å². The van der Waals surface area contributed by atoms with Crippen LogP contribution < -0.4 is 5.32 Å². The van der Waals surface area contributed by atoms with Crippen molar-refractivity contribution < 1.29 is 4.79 Å². The molecule has 0 unspecified atom stereocenters. The summed E-state index contributed by atoms with van der Waals surface area (Å²) in [6, 6.07) is 5.87. The maximum atomic E-state index is 12.7. The Morgan fingerprint density at radius 1 is 1.35 bits per heavy atom. The normalized spacial score (nSPS) is 15.2. The number of rotatable bonds is 5. The first-order valence-electron chi connectivity index (χ1n) is 8.79. The zero-order chi connectivity index (χ0) is 18.7. The Bertz CT molecular complexity index is 836. The van der Waals surface area contributed by atoms with Crippen LogP contribution in [-0.2, 0) is 24.2 Å². The van der Waals surface area contributed by atoms with E-state index in [1.807, 2.05) is 31.0 Å². The van der Waals surface area contributed by atoms with E-state index in [1.54, 1.807) is 11.3 Å². The summed E-state index contributed by atoms with van der Waals surface area (Å²) in [6.07, 6.45) is 5.45. The standard InChI is InChI=1S/C19H22ClN3OS2/c1-12(23(2)11-13-8-9-17(20)25-13)18(24)22-19-15(10-21)14-6-4-3-5-7-16(14)26-19/h8-9,12H,3-7,11H2,1-2H3,(H,22,24)/t12-/m1/s1. The molecule has 2 heterocycles. The Morgan fingerprint density at radius 2 is 2.12 bits per heavy atom. The molecule has 0 aliphatic heterocycles. The number of thiophene rings is 2. The Labute approximate surface area is 167 Å². The van der Waals surface area contributed by atoms with Gasteiger partial charge in [-0.3, -0.25) is 9.69 Å². The fraction of sp³-hybridized carbons (Fsp3) is 0.474. The highest BCUT2D eigenvalue weighted by molar-refractivity contribution is 7.16. The van der Waals surface area contributed by atoms with Gasteiger partial charge in [-0.15, -0.1) is 22.7 Å². The average Bonchev–Trinajstić information content (AvgIpc) is 3.08. The second-order valence-electron chi connectivity index (χ2n) is 6.67. The number of hydrogen-bond donors (Lipinski definition) is 1. The highest BCUT2D eigenvalue weighted by atomic mass is 35.5. The summed E-state index contributed by atoms with van der Waals surface area (Å²) in [5, 5.41) is 13.3. The summed E-state index contributed by atoms with van der Waals surface area (Å²) in [5.41, 5.74) is 1.82. The van der Waals surface area contributed by atoms with E-state index in [2.05, 4.69) is 11.4 Å². The van der Waals surface area contributed by atoms with E-state index in [-0.39, 0.29) is 11.9 Å². The second kappa shape index (κ2) is 8.53. The zero-order valence-electron chi connectivity index (χ0n) is 15.0. The molecule has 0 radical (unpaired) electrons. The number of hydrogen-bond acceptors (Lipinski definition) is 5. The van der Waals surface area contributed by atoms with Crippen LogP contribution in [0.25, 0.3) is 0 Å². The molecule has 1 N–H and O–H groups in total. The Kier molecular flexibility index (Phi) is 6.36. The molecule has 0 saturated carbocycles. The molecule has 0 fully saturated rings. The first-order valence-corrected chi connectivity index (χ1v) is 10.8. The highest BCUT2D eigenvalue weighted by Gasteiger charge is 2.24.